The minimum absolute atomic E-state index is 0.233. The van der Waals surface area contributed by atoms with Crippen molar-refractivity contribution in [3.63, 3.8) is 0 Å². The van der Waals surface area contributed by atoms with Crippen LogP contribution in [0.1, 0.15) is 0 Å². The zero-order valence-corrected chi connectivity index (χ0v) is 30.8. The number of hydrogen-bond donors (Lipinski definition) is 0. The molecule has 0 unspecified atom stereocenters. The molecule has 274 valence electrons. The van der Waals surface area contributed by atoms with Gasteiger partial charge < -0.3 is 0 Å². The minimum atomic E-state index is -1.50. The van der Waals surface area contributed by atoms with E-state index in [0.29, 0.717) is 5.56 Å². The third-order valence-corrected chi connectivity index (χ3v) is 11.7. The lowest BCUT2D eigenvalue weighted by atomic mass is 9.81. The summed E-state index contributed by atoms with van der Waals surface area (Å²) < 4.78 is 58.2. The Bertz CT molecular complexity index is 3470. The van der Waals surface area contributed by atoms with Crippen LogP contribution in [0.25, 0.3) is 109 Å². The van der Waals surface area contributed by atoms with Gasteiger partial charge in [0.2, 0.25) is 0 Å². The van der Waals surface area contributed by atoms with Crippen LogP contribution in [0.15, 0.2) is 182 Å². The van der Waals surface area contributed by atoms with Gasteiger partial charge >= 0.3 is 0 Å². The summed E-state index contributed by atoms with van der Waals surface area (Å²) >= 11 is 0. The van der Waals surface area contributed by atoms with Crippen molar-refractivity contribution < 1.29 is 17.6 Å². The second-order valence-electron chi connectivity index (χ2n) is 14.9. The van der Waals surface area contributed by atoms with Crippen LogP contribution in [-0.2, 0) is 0 Å². The van der Waals surface area contributed by atoms with Crippen LogP contribution in [0.5, 0.6) is 0 Å². The van der Waals surface area contributed by atoms with E-state index in [4.69, 9.17) is 0 Å². The van der Waals surface area contributed by atoms with Gasteiger partial charge in [-0.05, 0) is 158 Å². The monoisotopic (exact) mass is 754 g/mol. The molecule has 0 nitrogen and oxygen atoms in total. The van der Waals surface area contributed by atoms with Crippen molar-refractivity contribution >= 4 is 64.6 Å². The molecule has 0 aliphatic rings. The summed E-state index contributed by atoms with van der Waals surface area (Å²) in [5.74, 6) is -4.29. The van der Waals surface area contributed by atoms with Crippen LogP contribution >= 0.6 is 0 Å². The van der Waals surface area contributed by atoms with Crippen molar-refractivity contribution in [3.8, 4) is 44.5 Å². The smallest absolute Gasteiger partial charge is 0.194 e. The molecular formula is C54H30F4. The van der Waals surface area contributed by atoms with E-state index in [1.54, 1.807) is 12.1 Å². The Kier molecular flexibility index (Phi) is 7.70. The number of fused-ring (bicyclic) bond motifs is 8. The third-order valence-electron chi connectivity index (χ3n) is 11.7. The van der Waals surface area contributed by atoms with E-state index in [1.807, 2.05) is 48.5 Å². The summed E-state index contributed by atoms with van der Waals surface area (Å²) in [5, 5.41) is 12.6. The highest BCUT2D eigenvalue weighted by Gasteiger charge is 2.23. The second-order valence-corrected chi connectivity index (χ2v) is 14.9. The van der Waals surface area contributed by atoms with Gasteiger partial charge in [-0.1, -0.05) is 133 Å². The van der Waals surface area contributed by atoms with Crippen molar-refractivity contribution in [2.24, 2.45) is 0 Å². The quantitative estimate of drug-likeness (QED) is 0.0726. The van der Waals surface area contributed by atoms with Crippen LogP contribution < -0.4 is 0 Å². The molecule has 0 saturated carbocycles. The number of halogens is 4. The van der Waals surface area contributed by atoms with Gasteiger partial charge in [-0.2, -0.15) is 0 Å². The first-order chi connectivity index (χ1) is 28.4. The van der Waals surface area contributed by atoms with Crippen LogP contribution in [0, 0.1) is 23.3 Å². The lowest BCUT2D eigenvalue weighted by Gasteiger charge is -2.22. The fourth-order valence-electron chi connectivity index (χ4n) is 9.05. The molecule has 0 saturated heterocycles. The molecule has 11 aromatic carbocycles. The first-order valence-electron chi connectivity index (χ1n) is 19.2. The van der Waals surface area contributed by atoms with Gasteiger partial charge in [0.25, 0.3) is 0 Å². The molecule has 0 heterocycles. The van der Waals surface area contributed by atoms with Gasteiger partial charge in [-0.3, -0.25) is 0 Å². The fraction of sp³-hybridized carbons (Fsp3) is 0. The van der Waals surface area contributed by atoms with E-state index in [1.165, 1.54) is 12.1 Å². The predicted molar refractivity (Wildman–Crippen MR) is 233 cm³/mol. The molecule has 11 rings (SSSR count). The summed E-state index contributed by atoms with van der Waals surface area (Å²) in [6.45, 7) is 0. The van der Waals surface area contributed by atoms with E-state index in [0.717, 1.165) is 110 Å². The summed E-state index contributed by atoms with van der Waals surface area (Å²) in [6, 6.07) is 59.0. The second kappa shape index (κ2) is 13.1. The SMILES string of the molecule is Fc1ccc(-c2ccc3c(-c4cc5ccccc5c5ccccc45)c4cc(-c5cc(F)c(F)c(F)c5)ccc4c(-c4cc5ccccc5c5ccccc45)c3c2)cc1. The highest BCUT2D eigenvalue weighted by Crippen LogP contribution is 2.50. The highest BCUT2D eigenvalue weighted by molar-refractivity contribution is 6.29. The summed E-state index contributed by atoms with van der Waals surface area (Å²) in [7, 11) is 0. The average molecular weight is 755 g/mol. The van der Waals surface area contributed by atoms with Gasteiger partial charge in [-0.15, -0.1) is 0 Å². The van der Waals surface area contributed by atoms with E-state index >= 15 is 0 Å². The summed E-state index contributed by atoms with van der Waals surface area (Å²) in [4.78, 5) is 0. The summed E-state index contributed by atoms with van der Waals surface area (Å²) in [6.07, 6.45) is 0. The fourth-order valence-corrected chi connectivity index (χ4v) is 9.05. The lowest BCUT2D eigenvalue weighted by Crippen LogP contribution is -1.95. The minimum Gasteiger partial charge on any atom is -0.207 e. The maximum atomic E-state index is 14.8. The molecule has 0 spiro atoms. The molecule has 58 heavy (non-hydrogen) atoms. The molecule has 11 aromatic rings. The zero-order valence-electron chi connectivity index (χ0n) is 30.8. The van der Waals surface area contributed by atoms with Crippen LogP contribution in [0.2, 0.25) is 0 Å². The molecule has 0 aliphatic heterocycles. The van der Waals surface area contributed by atoms with Crippen LogP contribution in [0.4, 0.5) is 17.6 Å². The maximum absolute atomic E-state index is 14.8. The van der Waals surface area contributed by atoms with Crippen molar-refractivity contribution in [1.29, 1.82) is 0 Å². The Morgan fingerprint density at radius 1 is 0.259 bits per heavy atom. The van der Waals surface area contributed by atoms with E-state index in [-0.39, 0.29) is 11.4 Å². The molecular weight excluding hydrogens is 725 g/mol. The molecule has 0 bridgehead atoms. The normalized spacial score (nSPS) is 11.8. The molecule has 0 radical (unpaired) electrons. The third kappa shape index (κ3) is 5.29. The molecule has 0 aromatic heterocycles. The topological polar surface area (TPSA) is 0 Å². The van der Waals surface area contributed by atoms with Crippen molar-refractivity contribution in [2.45, 2.75) is 0 Å². The molecule has 0 atom stereocenters. The zero-order chi connectivity index (χ0) is 39.1. The van der Waals surface area contributed by atoms with E-state index < -0.39 is 17.5 Å². The van der Waals surface area contributed by atoms with Crippen LogP contribution in [-0.4, -0.2) is 0 Å². The Morgan fingerprint density at radius 3 is 1.14 bits per heavy atom. The predicted octanol–water partition coefficient (Wildman–Crippen LogP) is 15.8. The Hall–Kier alpha value is -7.30. The summed E-state index contributed by atoms with van der Waals surface area (Å²) in [5.41, 5.74) is 6.58. The Morgan fingerprint density at radius 2 is 0.655 bits per heavy atom. The molecule has 4 heteroatoms. The van der Waals surface area contributed by atoms with Crippen molar-refractivity contribution in [2.75, 3.05) is 0 Å². The first-order valence-corrected chi connectivity index (χ1v) is 19.2. The van der Waals surface area contributed by atoms with Crippen molar-refractivity contribution in [3.05, 3.63) is 205 Å². The maximum Gasteiger partial charge on any atom is 0.194 e. The number of rotatable bonds is 4. The standard InChI is InChI=1S/C54H30F4/c55-37-21-17-31(18-22-37)32-19-23-44-48(25-32)52(46-27-34-9-1-3-11-38(34)40-13-5-7-15-42(40)46)45-24-20-33(36-29-50(56)54(58)51(57)30-36)26-49(45)53(44)47-28-35-10-2-4-12-39(35)41-14-6-8-16-43(41)47/h1-30H. The average Bonchev–Trinajstić information content (AvgIpc) is 3.26. The van der Waals surface area contributed by atoms with Gasteiger partial charge in [0.05, 0.1) is 0 Å². The lowest BCUT2D eigenvalue weighted by molar-refractivity contribution is 0.448. The Labute approximate surface area is 330 Å². The molecule has 0 fully saturated rings. The van der Waals surface area contributed by atoms with E-state index in [9.17, 15) is 17.6 Å². The molecule has 0 N–H and O–H groups in total. The van der Waals surface area contributed by atoms with E-state index in [2.05, 4.69) is 97.1 Å². The molecule has 0 aliphatic carbocycles. The van der Waals surface area contributed by atoms with Gasteiger partial charge in [-0.25, -0.2) is 17.6 Å². The first kappa shape index (κ1) is 34.0. The van der Waals surface area contributed by atoms with Crippen molar-refractivity contribution in [1.82, 2.24) is 0 Å². The largest absolute Gasteiger partial charge is 0.207 e. The van der Waals surface area contributed by atoms with Crippen LogP contribution in [0.3, 0.4) is 0 Å². The molecule has 0 amide bonds. The number of hydrogen-bond acceptors (Lipinski definition) is 0. The van der Waals surface area contributed by atoms with Gasteiger partial charge in [0.1, 0.15) is 5.82 Å². The number of benzene rings is 11. The van der Waals surface area contributed by atoms with Gasteiger partial charge in [0.15, 0.2) is 17.5 Å². The Balaban J connectivity index is 1.36. The highest BCUT2D eigenvalue weighted by atomic mass is 19.2. The van der Waals surface area contributed by atoms with Gasteiger partial charge in [0, 0.05) is 0 Å².